The van der Waals surface area contributed by atoms with Crippen LogP contribution in [-0.4, -0.2) is 0 Å². The van der Waals surface area contributed by atoms with Gasteiger partial charge < -0.3 is 0 Å². The SMILES string of the molecule is C.CC.CCC(C)CC1CCC2CC=CCC21.[V]. The molecule has 0 nitrogen and oxygen atoms in total. The minimum absolute atomic E-state index is 0. The van der Waals surface area contributed by atoms with Crippen molar-refractivity contribution in [3.63, 3.8) is 0 Å². The molecular weight excluding hydrogens is 255 g/mol. The maximum Gasteiger partial charge on any atom is 0 e. The summed E-state index contributed by atoms with van der Waals surface area (Å²) in [4.78, 5) is 0. The van der Waals surface area contributed by atoms with Gasteiger partial charge in [-0.15, -0.1) is 0 Å². The largest absolute Gasteiger partial charge is 0.0882 e. The first-order chi connectivity index (χ1) is 7.81. The van der Waals surface area contributed by atoms with E-state index in [0.29, 0.717) is 0 Å². The van der Waals surface area contributed by atoms with Gasteiger partial charge in [-0.1, -0.05) is 53.7 Å². The number of fused-ring (bicyclic) bond motifs is 1. The van der Waals surface area contributed by atoms with E-state index in [1.54, 1.807) is 0 Å². The summed E-state index contributed by atoms with van der Waals surface area (Å²) >= 11 is 0. The molecule has 1 radical (unpaired) electrons. The topological polar surface area (TPSA) is 0 Å². The van der Waals surface area contributed by atoms with E-state index in [2.05, 4.69) is 26.0 Å². The fraction of sp³-hybridized carbons (Fsp3) is 0.882. The van der Waals surface area contributed by atoms with Gasteiger partial charge in [0.1, 0.15) is 0 Å². The van der Waals surface area contributed by atoms with Gasteiger partial charge in [0.25, 0.3) is 0 Å². The molecule has 0 aromatic heterocycles. The first kappa shape index (κ1) is 20.6. The Morgan fingerprint density at radius 2 is 1.72 bits per heavy atom. The second-order valence-corrected chi connectivity index (χ2v) is 5.45. The van der Waals surface area contributed by atoms with E-state index in [0.717, 1.165) is 23.7 Å². The van der Waals surface area contributed by atoms with Gasteiger partial charge >= 0.3 is 0 Å². The predicted octanol–water partition coefficient (Wildman–Crippen LogP) is 6.07. The number of hydrogen-bond donors (Lipinski definition) is 0. The third kappa shape index (κ3) is 5.53. The minimum Gasteiger partial charge on any atom is -0.0882 e. The predicted molar refractivity (Wildman–Crippen MR) is 80.2 cm³/mol. The normalized spacial score (nSPS) is 30.1. The minimum atomic E-state index is 0. The summed E-state index contributed by atoms with van der Waals surface area (Å²) in [6.45, 7) is 8.75. The van der Waals surface area contributed by atoms with Crippen molar-refractivity contribution in [1.29, 1.82) is 0 Å². The average Bonchev–Trinajstić information content (AvgIpc) is 2.75. The second kappa shape index (κ2) is 11.2. The molecule has 2 aliphatic carbocycles. The van der Waals surface area contributed by atoms with E-state index in [9.17, 15) is 0 Å². The quantitative estimate of drug-likeness (QED) is 0.553. The molecule has 0 bridgehead atoms. The number of hydrogen-bond acceptors (Lipinski definition) is 0. The Morgan fingerprint density at radius 3 is 2.33 bits per heavy atom. The van der Waals surface area contributed by atoms with Gasteiger partial charge in [0, 0.05) is 18.6 Å². The zero-order valence-corrected chi connectivity index (χ0v) is 13.6. The smallest absolute Gasteiger partial charge is 0 e. The van der Waals surface area contributed by atoms with Crippen LogP contribution in [0.1, 0.15) is 73.6 Å². The molecule has 0 aromatic rings. The van der Waals surface area contributed by atoms with Crippen LogP contribution < -0.4 is 0 Å². The molecule has 0 N–H and O–H groups in total. The van der Waals surface area contributed by atoms with E-state index in [1.165, 1.54) is 38.5 Å². The first-order valence-electron chi connectivity index (χ1n) is 7.46. The Bertz CT molecular complexity index is 210. The van der Waals surface area contributed by atoms with E-state index in [4.69, 9.17) is 0 Å². The van der Waals surface area contributed by atoms with Crippen molar-refractivity contribution in [1.82, 2.24) is 0 Å². The van der Waals surface area contributed by atoms with E-state index in [-0.39, 0.29) is 26.0 Å². The Hall–Kier alpha value is 0.324. The van der Waals surface area contributed by atoms with Crippen LogP contribution in [0.2, 0.25) is 0 Å². The number of rotatable bonds is 3. The molecule has 0 spiro atoms. The van der Waals surface area contributed by atoms with Gasteiger partial charge in [0.2, 0.25) is 0 Å². The zero-order chi connectivity index (χ0) is 12.0. The molecule has 107 valence electrons. The van der Waals surface area contributed by atoms with Crippen LogP contribution in [0.3, 0.4) is 0 Å². The van der Waals surface area contributed by atoms with Crippen LogP contribution in [0.5, 0.6) is 0 Å². The molecule has 1 saturated carbocycles. The van der Waals surface area contributed by atoms with Gasteiger partial charge in [-0.05, 0) is 55.8 Å². The van der Waals surface area contributed by atoms with Gasteiger partial charge in [-0.2, -0.15) is 0 Å². The van der Waals surface area contributed by atoms with Crippen molar-refractivity contribution in [2.45, 2.75) is 73.6 Å². The Labute approximate surface area is 128 Å². The van der Waals surface area contributed by atoms with Gasteiger partial charge in [0.15, 0.2) is 0 Å². The summed E-state index contributed by atoms with van der Waals surface area (Å²) < 4.78 is 0. The molecule has 2 rings (SSSR count). The van der Waals surface area contributed by atoms with Gasteiger partial charge in [0.05, 0.1) is 0 Å². The van der Waals surface area contributed by atoms with E-state index in [1.807, 2.05) is 13.8 Å². The second-order valence-electron chi connectivity index (χ2n) is 5.45. The van der Waals surface area contributed by atoms with Crippen molar-refractivity contribution in [3.8, 4) is 0 Å². The monoisotopic (exact) mass is 289 g/mol. The standard InChI is InChI=1S/C14H24.C2H6.CH4.V/c1-3-11(2)10-13-9-8-12-6-4-5-7-14(12)13;1-2;;/h4-5,11-14H,3,6-10H2,1-2H3;1-2H3;1H4;. The molecule has 0 heterocycles. The average molecular weight is 289 g/mol. The van der Waals surface area contributed by atoms with Gasteiger partial charge in [-0.25, -0.2) is 0 Å². The van der Waals surface area contributed by atoms with Crippen LogP contribution in [0.25, 0.3) is 0 Å². The third-order valence-electron chi connectivity index (χ3n) is 4.54. The van der Waals surface area contributed by atoms with Crippen molar-refractivity contribution in [3.05, 3.63) is 12.2 Å². The van der Waals surface area contributed by atoms with Crippen LogP contribution in [0.4, 0.5) is 0 Å². The molecule has 1 fully saturated rings. The summed E-state index contributed by atoms with van der Waals surface area (Å²) in [5.41, 5.74) is 0. The van der Waals surface area contributed by atoms with E-state index < -0.39 is 0 Å². The molecule has 0 saturated heterocycles. The van der Waals surface area contributed by atoms with Crippen LogP contribution in [0.15, 0.2) is 12.2 Å². The maximum absolute atomic E-state index is 2.43. The molecule has 18 heavy (non-hydrogen) atoms. The fourth-order valence-electron chi connectivity index (χ4n) is 3.42. The van der Waals surface area contributed by atoms with Crippen LogP contribution in [-0.2, 0) is 18.6 Å². The fourth-order valence-corrected chi connectivity index (χ4v) is 3.42. The molecule has 1 heteroatoms. The van der Waals surface area contributed by atoms with Crippen molar-refractivity contribution < 1.29 is 18.6 Å². The molecule has 0 aromatic carbocycles. The van der Waals surface area contributed by atoms with Crippen LogP contribution in [0, 0.1) is 23.7 Å². The molecule has 0 aliphatic heterocycles. The molecular formula is C17H34V. The Balaban J connectivity index is 0. The molecule has 2 aliphatic rings. The zero-order valence-electron chi connectivity index (χ0n) is 12.2. The summed E-state index contributed by atoms with van der Waals surface area (Å²) in [6.07, 6.45) is 13.5. The third-order valence-corrected chi connectivity index (χ3v) is 4.54. The van der Waals surface area contributed by atoms with Crippen molar-refractivity contribution in [2.75, 3.05) is 0 Å². The summed E-state index contributed by atoms with van der Waals surface area (Å²) in [5, 5.41) is 0. The van der Waals surface area contributed by atoms with E-state index >= 15 is 0 Å². The first-order valence-corrected chi connectivity index (χ1v) is 7.46. The summed E-state index contributed by atoms with van der Waals surface area (Å²) in [6, 6.07) is 0. The van der Waals surface area contributed by atoms with Crippen molar-refractivity contribution in [2.24, 2.45) is 23.7 Å². The summed E-state index contributed by atoms with van der Waals surface area (Å²) in [7, 11) is 0. The van der Waals surface area contributed by atoms with Crippen LogP contribution >= 0.6 is 0 Å². The van der Waals surface area contributed by atoms with Crippen molar-refractivity contribution >= 4 is 0 Å². The Kier molecular flexibility index (Phi) is 12.8. The number of allylic oxidation sites excluding steroid dienone is 2. The maximum atomic E-state index is 2.43. The Morgan fingerprint density at radius 1 is 1.11 bits per heavy atom. The molecule has 4 unspecified atom stereocenters. The van der Waals surface area contributed by atoms with Gasteiger partial charge in [-0.3, -0.25) is 0 Å². The molecule has 0 amide bonds. The molecule has 4 atom stereocenters. The summed E-state index contributed by atoms with van der Waals surface area (Å²) in [5.74, 6) is 4.10.